The summed E-state index contributed by atoms with van der Waals surface area (Å²) in [7, 11) is 3.42. The van der Waals surface area contributed by atoms with Crippen LogP contribution in [0.3, 0.4) is 0 Å². The van der Waals surface area contributed by atoms with Gasteiger partial charge in [-0.05, 0) is 24.1 Å². The number of rotatable bonds is 5. The van der Waals surface area contributed by atoms with Crippen LogP contribution in [0.5, 0.6) is 0 Å². The third kappa shape index (κ3) is 4.92. The second kappa shape index (κ2) is 7.54. The van der Waals surface area contributed by atoms with Crippen LogP contribution in [0.1, 0.15) is 27.0 Å². The van der Waals surface area contributed by atoms with Gasteiger partial charge in [0.15, 0.2) is 5.78 Å². The Hall–Kier alpha value is -2.68. The molecular weight excluding hydrogens is 286 g/mol. The number of benzene rings is 2. The van der Waals surface area contributed by atoms with Crippen molar-refractivity contribution in [2.24, 2.45) is 0 Å². The molecule has 0 aromatic heterocycles. The van der Waals surface area contributed by atoms with E-state index in [1.54, 1.807) is 32.3 Å². The van der Waals surface area contributed by atoms with E-state index in [0.29, 0.717) is 12.0 Å². The minimum atomic E-state index is -0.0653. The van der Waals surface area contributed by atoms with Gasteiger partial charge in [-0.25, -0.2) is 0 Å². The zero-order chi connectivity index (χ0) is 16.8. The summed E-state index contributed by atoms with van der Waals surface area (Å²) in [4.78, 5) is 25.3. The maximum absolute atomic E-state index is 12.3. The highest BCUT2D eigenvalue weighted by Crippen LogP contribution is 2.11. The summed E-state index contributed by atoms with van der Waals surface area (Å²) in [6, 6.07) is 15.3. The summed E-state index contributed by atoms with van der Waals surface area (Å²) in [5, 5.41) is 0. The van der Waals surface area contributed by atoms with Crippen LogP contribution in [0, 0.1) is 6.92 Å². The van der Waals surface area contributed by atoms with Crippen LogP contribution in [-0.2, 0) is 11.2 Å². The number of carbonyl (C=O) groups excluding carboxylic acids is 2. The van der Waals surface area contributed by atoms with Gasteiger partial charge in [-0.3, -0.25) is 9.59 Å². The van der Waals surface area contributed by atoms with Crippen molar-refractivity contribution in [3.05, 3.63) is 76.9 Å². The fourth-order valence-corrected chi connectivity index (χ4v) is 2.09. The molecule has 0 fully saturated rings. The van der Waals surface area contributed by atoms with Crippen molar-refractivity contribution < 1.29 is 9.59 Å². The Bertz CT molecular complexity index is 710. The van der Waals surface area contributed by atoms with Crippen molar-refractivity contribution in [2.45, 2.75) is 13.3 Å². The first-order valence-corrected chi connectivity index (χ1v) is 7.54. The zero-order valence-electron chi connectivity index (χ0n) is 13.7. The number of nitrogens with zero attached hydrogens (tertiary/aromatic N) is 1. The molecule has 118 valence electrons. The molecule has 3 heteroatoms. The third-order valence-electron chi connectivity index (χ3n) is 3.58. The molecule has 0 atom stereocenters. The van der Waals surface area contributed by atoms with Crippen LogP contribution < -0.4 is 0 Å². The minimum absolute atomic E-state index is 0.0653. The third-order valence-corrected chi connectivity index (χ3v) is 3.58. The van der Waals surface area contributed by atoms with Gasteiger partial charge >= 0.3 is 0 Å². The van der Waals surface area contributed by atoms with Gasteiger partial charge in [0, 0.05) is 32.2 Å². The highest BCUT2D eigenvalue weighted by molar-refractivity contribution is 5.98. The van der Waals surface area contributed by atoms with E-state index in [4.69, 9.17) is 0 Å². The standard InChI is InChI=1S/C20H21NO2/c1-15-4-6-17(7-5-15)14-19(22)18-11-8-16(9-12-18)10-13-20(23)21(2)3/h4-13H,14H2,1-3H3. The normalized spacial score (nSPS) is 10.7. The first-order valence-electron chi connectivity index (χ1n) is 7.54. The molecule has 1 amide bonds. The Balaban J connectivity index is 2.02. The summed E-state index contributed by atoms with van der Waals surface area (Å²) in [5.74, 6) is 0.0262. The number of hydrogen-bond acceptors (Lipinski definition) is 2. The van der Waals surface area contributed by atoms with E-state index in [0.717, 1.165) is 11.1 Å². The Morgan fingerprint density at radius 3 is 2.13 bits per heavy atom. The molecule has 0 heterocycles. The quantitative estimate of drug-likeness (QED) is 0.626. The van der Waals surface area contributed by atoms with Crippen LogP contribution >= 0.6 is 0 Å². The van der Waals surface area contributed by atoms with Gasteiger partial charge in [0.05, 0.1) is 0 Å². The van der Waals surface area contributed by atoms with E-state index in [1.165, 1.54) is 16.5 Å². The molecule has 2 aromatic rings. The van der Waals surface area contributed by atoms with Crippen molar-refractivity contribution >= 4 is 17.8 Å². The van der Waals surface area contributed by atoms with Crippen molar-refractivity contribution in [1.82, 2.24) is 4.90 Å². The van der Waals surface area contributed by atoms with Gasteiger partial charge in [0.1, 0.15) is 0 Å². The lowest BCUT2D eigenvalue weighted by atomic mass is 10.0. The van der Waals surface area contributed by atoms with Crippen LogP contribution in [0.4, 0.5) is 0 Å². The SMILES string of the molecule is Cc1ccc(CC(=O)c2ccc(C=CC(=O)N(C)C)cc2)cc1. The van der Waals surface area contributed by atoms with E-state index < -0.39 is 0 Å². The molecule has 0 bridgehead atoms. The van der Waals surface area contributed by atoms with Crippen LogP contribution in [0.2, 0.25) is 0 Å². The van der Waals surface area contributed by atoms with Gasteiger partial charge < -0.3 is 4.90 Å². The largest absolute Gasteiger partial charge is 0.345 e. The highest BCUT2D eigenvalue weighted by atomic mass is 16.2. The van der Waals surface area contributed by atoms with Gasteiger partial charge in [-0.1, -0.05) is 54.1 Å². The molecule has 0 radical (unpaired) electrons. The number of likely N-dealkylation sites (N-methyl/N-ethyl adjacent to an activating group) is 1. The van der Waals surface area contributed by atoms with E-state index in [1.807, 2.05) is 43.3 Å². The van der Waals surface area contributed by atoms with Gasteiger partial charge in [-0.2, -0.15) is 0 Å². The number of amides is 1. The summed E-state index contributed by atoms with van der Waals surface area (Å²) < 4.78 is 0. The molecule has 0 aliphatic rings. The molecule has 0 saturated carbocycles. The lowest BCUT2D eigenvalue weighted by Crippen LogP contribution is -2.18. The van der Waals surface area contributed by atoms with E-state index in [-0.39, 0.29) is 11.7 Å². The first kappa shape index (κ1) is 16.7. The second-order valence-electron chi connectivity index (χ2n) is 5.77. The van der Waals surface area contributed by atoms with Crippen molar-refractivity contribution in [1.29, 1.82) is 0 Å². The molecule has 23 heavy (non-hydrogen) atoms. The summed E-state index contributed by atoms with van der Waals surface area (Å²) in [6.07, 6.45) is 3.66. The van der Waals surface area contributed by atoms with Crippen molar-refractivity contribution in [2.75, 3.05) is 14.1 Å². The van der Waals surface area contributed by atoms with Crippen LogP contribution in [0.15, 0.2) is 54.6 Å². The van der Waals surface area contributed by atoms with E-state index >= 15 is 0 Å². The number of Topliss-reactive ketones (excluding diaryl/α,β-unsaturated/α-hetero) is 1. The molecule has 0 aliphatic heterocycles. The minimum Gasteiger partial charge on any atom is -0.345 e. The molecule has 0 saturated heterocycles. The Morgan fingerprint density at radius 2 is 1.57 bits per heavy atom. The summed E-state index contributed by atoms with van der Waals surface area (Å²) in [6.45, 7) is 2.03. The van der Waals surface area contributed by atoms with E-state index in [9.17, 15) is 9.59 Å². The average Bonchev–Trinajstić information content (AvgIpc) is 2.55. The smallest absolute Gasteiger partial charge is 0.246 e. The molecule has 0 spiro atoms. The topological polar surface area (TPSA) is 37.4 Å². The lowest BCUT2D eigenvalue weighted by Gasteiger charge is -2.05. The average molecular weight is 307 g/mol. The maximum Gasteiger partial charge on any atom is 0.246 e. The van der Waals surface area contributed by atoms with Crippen molar-refractivity contribution in [3.63, 3.8) is 0 Å². The number of ketones is 1. The molecule has 0 aliphatic carbocycles. The first-order chi connectivity index (χ1) is 11.0. The number of carbonyl (C=O) groups is 2. The molecule has 2 rings (SSSR count). The Morgan fingerprint density at radius 1 is 0.957 bits per heavy atom. The fraction of sp³-hybridized carbons (Fsp3) is 0.200. The second-order valence-corrected chi connectivity index (χ2v) is 5.77. The maximum atomic E-state index is 12.3. The molecule has 0 unspecified atom stereocenters. The van der Waals surface area contributed by atoms with Crippen LogP contribution in [-0.4, -0.2) is 30.7 Å². The molecular formula is C20H21NO2. The van der Waals surface area contributed by atoms with Gasteiger partial charge in [0.2, 0.25) is 5.91 Å². The highest BCUT2D eigenvalue weighted by Gasteiger charge is 2.07. The predicted octanol–water partition coefficient (Wildman–Crippen LogP) is 3.52. The summed E-state index contributed by atoms with van der Waals surface area (Å²) >= 11 is 0. The zero-order valence-corrected chi connectivity index (χ0v) is 13.7. The Labute approximate surface area is 137 Å². The fourth-order valence-electron chi connectivity index (χ4n) is 2.09. The lowest BCUT2D eigenvalue weighted by molar-refractivity contribution is -0.123. The number of hydrogen-bond donors (Lipinski definition) is 0. The predicted molar refractivity (Wildman–Crippen MR) is 93.4 cm³/mol. The van der Waals surface area contributed by atoms with E-state index in [2.05, 4.69) is 0 Å². The number of aryl methyl sites for hydroxylation is 1. The Kier molecular flexibility index (Phi) is 5.47. The monoisotopic (exact) mass is 307 g/mol. The summed E-state index contributed by atoms with van der Waals surface area (Å²) in [5.41, 5.74) is 3.78. The molecule has 3 nitrogen and oxygen atoms in total. The molecule has 2 aromatic carbocycles. The van der Waals surface area contributed by atoms with Gasteiger partial charge in [0.25, 0.3) is 0 Å². The van der Waals surface area contributed by atoms with Crippen molar-refractivity contribution in [3.8, 4) is 0 Å². The van der Waals surface area contributed by atoms with Crippen LogP contribution in [0.25, 0.3) is 6.08 Å². The van der Waals surface area contributed by atoms with Gasteiger partial charge in [-0.15, -0.1) is 0 Å². The molecule has 0 N–H and O–H groups in total.